The molecule has 0 aromatic heterocycles. The lowest BCUT2D eigenvalue weighted by molar-refractivity contribution is -0.126. The molecule has 3 nitrogen and oxygen atoms in total. The molecule has 0 spiro atoms. The molecule has 0 amide bonds. The molecule has 70 valence electrons. The Hall–Kier alpha value is -0.860. The van der Waals surface area contributed by atoms with E-state index in [0.717, 1.165) is 19.3 Å². The van der Waals surface area contributed by atoms with Crippen molar-refractivity contribution in [3.8, 4) is 0 Å². The first-order valence-electron chi connectivity index (χ1n) is 4.00. The summed E-state index contributed by atoms with van der Waals surface area (Å²) in [6.07, 6.45) is 2.70. The summed E-state index contributed by atoms with van der Waals surface area (Å²) in [7, 11) is 1.31. The Morgan fingerprint density at radius 3 is 2.08 bits per heavy atom. The van der Waals surface area contributed by atoms with Crippen LogP contribution in [0.2, 0.25) is 0 Å². The van der Waals surface area contributed by atoms with Gasteiger partial charge in [-0.25, -0.2) is 0 Å². The molecule has 0 saturated heterocycles. The first kappa shape index (κ1) is 11.1. The quantitative estimate of drug-likeness (QED) is 0.564. The topological polar surface area (TPSA) is 43.4 Å². The third-order valence-corrected chi connectivity index (χ3v) is 1.85. The number of ether oxygens (including phenoxy) is 1. The third kappa shape index (κ3) is 4.88. The third-order valence-electron chi connectivity index (χ3n) is 1.85. The summed E-state index contributed by atoms with van der Waals surface area (Å²) >= 11 is 0. The van der Waals surface area contributed by atoms with Crippen LogP contribution >= 0.6 is 0 Å². The van der Waals surface area contributed by atoms with Crippen molar-refractivity contribution in [3.63, 3.8) is 0 Å². The zero-order valence-corrected chi connectivity index (χ0v) is 7.92. The second kappa shape index (κ2) is 4.91. The van der Waals surface area contributed by atoms with Crippen LogP contribution in [0.5, 0.6) is 0 Å². The van der Waals surface area contributed by atoms with Gasteiger partial charge in [-0.3, -0.25) is 9.59 Å². The molecule has 0 aliphatic heterocycles. The Labute approximate surface area is 73.1 Å². The minimum atomic E-state index is 0.317. The van der Waals surface area contributed by atoms with E-state index in [2.05, 4.69) is 18.6 Å². The summed E-state index contributed by atoms with van der Waals surface area (Å²) in [4.78, 5) is 19.6. The van der Waals surface area contributed by atoms with Gasteiger partial charge in [0.2, 0.25) is 0 Å². The van der Waals surface area contributed by atoms with E-state index < -0.39 is 0 Å². The maximum atomic E-state index is 10.7. The number of Topliss-reactive ketones (excluding diaryl/α,β-unsaturated/α-hetero) is 1. The van der Waals surface area contributed by atoms with Gasteiger partial charge < -0.3 is 4.74 Å². The fourth-order valence-corrected chi connectivity index (χ4v) is 1.19. The summed E-state index contributed by atoms with van der Waals surface area (Å²) in [5.41, 5.74) is 0.317. The van der Waals surface area contributed by atoms with Gasteiger partial charge in [0.25, 0.3) is 6.47 Å². The standard InChI is InChI=1S/C7H12O.C2H4O2/c1-7(2)4-3-6(8)5-7;1-4-2-3/h3-5H2,1-2H3;2H,1H3. The molecule has 0 aromatic carbocycles. The molecule has 0 aromatic rings. The fourth-order valence-electron chi connectivity index (χ4n) is 1.19. The lowest BCUT2D eigenvalue weighted by Crippen LogP contribution is -2.04. The van der Waals surface area contributed by atoms with Gasteiger partial charge in [0.15, 0.2) is 0 Å². The number of rotatable bonds is 1. The lowest BCUT2D eigenvalue weighted by Gasteiger charge is -2.12. The van der Waals surface area contributed by atoms with Gasteiger partial charge in [0.05, 0.1) is 7.11 Å². The van der Waals surface area contributed by atoms with Gasteiger partial charge in [0.1, 0.15) is 5.78 Å². The Kier molecular flexibility index (Phi) is 4.55. The van der Waals surface area contributed by atoms with Crippen molar-refractivity contribution in [2.24, 2.45) is 5.41 Å². The van der Waals surface area contributed by atoms with Crippen molar-refractivity contribution in [1.29, 1.82) is 0 Å². The van der Waals surface area contributed by atoms with Crippen LogP contribution in [0.4, 0.5) is 0 Å². The Bertz CT molecular complexity index is 161. The monoisotopic (exact) mass is 172 g/mol. The zero-order chi connectivity index (χ0) is 9.61. The van der Waals surface area contributed by atoms with Gasteiger partial charge in [-0.05, 0) is 11.8 Å². The average Bonchev–Trinajstić information content (AvgIpc) is 2.30. The van der Waals surface area contributed by atoms with Crippen molar-refractivity contribution in [1.82, 2.24) is 0 Å². The predicted octanol–water partition coefficient (Wildman–Crippen LogP) is 1.55. The van der Waals surface area contributed by atoms with Gasteiger partial charge >= 0.3 is 0 Å². The molecule has 1 rings (SSSR count). The van der Waals surface area contributed by atoms with Gasteiger partial charge in [-0.1, -0.05) is 13.8 Å². The second-order valence-corrected chi connectivity index (χ2v) is 3.71. The fraction of sp³-hybridized carbons (Fsp3) is 0.778. The van der Waals surface area contributed by atoms with Gasteiger partial charge in [0, 0.05) is 12.8 Å². The molecule has 1 saturated carbocycles. The molecule has 0 N–H and O–H groups in total. The minimum Gasteiger partial charge on any atom is -0.471 e. The van der Waals surface area contributed by atoms with Gasteiger partial charge in [-0.15, -0.1) is 0 Å². The Balaban J connectivity index is 0.000000261. The van der Waals surface area contributed by atoms with Crippen LogP contribution in [0.25, 0.3) is 0 Å². The average molecular weight is 172 g/mol. The van der Waals surface area contributed by atoms with Crippen LogP contribution in [-0.4, -0.2) is 19.4 Å². The highest BCUT2D eigenvalue weighted by Gasteiger charge is 2.28. The van der Waals surface area contributed by atoms with E-state index in [-0.39, 0.29) is 0 Å². The van der Waals surface area contributed by atoms with Crippen molar-refractivity contribution in [2.75, 3.05) is 7.11 Å². The van der Waals surface area contributed by atoms with E-state index in [4.69, 9.17) is 4.79 Å². The van der Waals surface area contributed by atoms with Crippen LogP contribution in [0.1, 0.15) is 33.1 Å². The summed E-state index contributed by atoms with van der Waals surface area (Å²) in [5, 5.41) is 0. The van der Waals surface area contributed by atoms with Crippen molar-refractivity contribution >= 4 is 12.3 Å². The molecule has 0 bridgehead atoms. The normalized spacial score (nSPS) is 19.4. The highest BCUT2D eigenvalue weighted by Crippen LogP contribution is 2.33. The summed E-state index contributed by atoms with van der Waals surface area (Å²) in [6.45, 7) is 4.68. The zero-order valence-electron chi connectivity index (χ0n) is 7.92. The van der Waals surface area contributed by atoms with Crippen LogP contribution in [0, 0.1) is 5.41 Å². The van der Waals surface area contributed by atoms with E-state index in [1.54, 1.807) is 0 Å². The van der Waals surface area contributed by atoms with Crippen LogP contribution in [0.15, 0.2) is 0 Å². The van der Waals surface area contributed by atoms with Crippen molar-refractivity contribution in [3.05, 3.63) is 0 Å². The van der Waals surface area contributed by atoms with E-state index >= 15 is 0 Å². The number of hydrogen-bond donors (Lipinski definition) is 0. The van der Waals surface area contributed by atoms with E-state index in [0.29, 0.717) is 17.7 Å². The number of hydrogen-bond acceptors (Lipinski definition) is 3. The predicted molar refractivity (Wildman–Crippen MR) is 45.7 cm³/mol. The van der Waals surface area contributed by atoms with Crippen molar-refractivity contribution < 1.29 is 14.3 Å². The summed E-state index contributed by atoms with van der Waals surface area (Å²) < 4.78 is 3.86. The SMILES string of the molecule is CC1(C)CCC(=O)C1.COC=O. The molecule has 1 fully saturated rings. The summed E-state index contributed by atoms with van der Waals surface area (Å²) in [6, 6.07) is 0. The Morgan fingerprint density at radius 2 is 2.00 bits per heavy atom. The highest BCUT2D eigenvalue weighted by molar-refractivity contribution is 5.81. The lowest BCUT2D eigenvalue weighted by atomic mass is 9.92. The number of carbonyl (C=O) groups excluding carboxylic acids is 2. The largest absolute Gasteiger partial charge is 0.471 e. The maximum Gasteiger partial charge on any atom is 0.292 e. The molecule has 0 atom stereocenters. The highest BCUT2D eigenvalue weighted by atomic mass is 16.5. The molecular formula is C9H16O3. The molecule has 1 aliphatic rings. The Morgan fingerprint density at radius 1 is 1.50 bits per heavy atom. The summed E-state index contributed by atoms with van der Waals surface area (Å²) in [5.74, 6) is 0.440. The van der Waals surface area contributed by atoms with Crippen LogP contribution in [0.3, 0.4) is 0 Å². The molecule has 0 radical (unpaired) electrons. The molecule has 0 unspecified atom stereocenters. The van der Waals surface area contributed by atoms with Crippen LogP contribution in [-0.2, 0) is 14.3 Å². The first-order chi connectivity index (χ1) is 5.52. The first-order valence-corrected chi connectivity index (χ1v) is 4.00. The van der Waals surface area contributed by atoms with Crippen molar-refractivity contribution in [2.45, 2.75) is 33.1 Å². The van der Waals surface area contributed by atoms with E-state index in [1.807, 2.05) is 0 Å². The molecule has 12 heavy (non-hydrogen) atoms. The molecular weight excluding hydrogens is 156 g/mol. The van der Waals surface area contributed by atoms with E-state index in [9.17, 15) is 4.79 Å². The molecule has 0 heterocycles. The smallest absolute Gasteiger partial charge is 0.292 e. The number of ketones is 1. The minimum absolute atomic E-state index is 0.317. The number of methoxy groups -OCH3 is 1. The maximum absolute atomic E-state index is 10.7. The van der Waals surface area contributed by atoms with Crippen LogP contribution < -0.4 is 0 Å². The molecule has 1 aliphatic carbocycles. The number of carbonyl (C=O) groups is 2. The van der Waals surface area contributed by atoms with Gasteiger partial charge in [-0.2, -0.15) is 0 Å². The second-order valence-electron chi connectivity index (χ2n) is 3.71. The molecule has 3 heteroatoms. The van der Waals surface area contributed by atoms with E-state index in [1.165, 1.54) is 7.11 Å².